The zero-order chi connectivity index (χ0) is 26.7. The summed E-state index contributed by atoms with van der Waals surface area (Å²) < 4.78 is 5.38. The number of benzene rings is 3. The molecule has 38 heavy (non-hydrogen) atoms. The molecule has 7 nitrogen and oxygen atoms in total. The number of H-pyrrole nitrogens is 1. The van der Waals surface area contributed by atoms with E-state index >= 15 is 0 Å². The molecular formula is C31H36N4O3. The second-order valence-electron chi connectivity index (χ2n) is 9.32. The second kappa shape index (κ2) is 13.3. The van der Waals surface area contributed by atoms with Gasteiger partial charge in [0, 0.05) is 36.7 Å². The smallest absolute Gasteiger partial charge is 0.322 e. The van der Waals surface area contributed by atoms with Gasteiger partial charge in [0.25, 0.3) is 0 Å². The minimum Gasteiger partial charge on any atom is -0.495 e. The van der Waals surface area contributed by atoms with Gasteiger partial charge in [-0.15, -0.1) is 0 Å². The van der Waals surface area contributed by atoms with Crippen molar-refractivity contribution in [3.8, 4) is 5.75 Å². The fourth-order valence-electron chi connectivity index (χ4n) is 4.50. The number of hydrogen-bond acceptors (Lipinski definition) is 3. The summed E-state index contributed by atoms with van der Waals surface area (Å²) in [6.07, 6.45) is 4.45. The maximum absolute atomic E-state index is 13.7. The summed E-state index contributed by atoms with van der Waals surface area (Å²) in [6.45, 7) is 3.59. The molecule has 0 fully saturated rings. The van der Waals surface area contributed by atoms with Gasteiger partial charge in [0.05, 0.1) is 12.8 Å². The Bertz CT molecular complexity index is 1340. The number of methoxy groups -OCH3 is 1. The van der Waals surface area contributed by atoms with Gasteiger partial charge in [0.1, 0.15) is 12.3 Å². The lowest BCUT2D eigenvalue weighted by Gasteiger charge is -2.28. The number of nitrogens with zero attached hydrogens (tertiary/aromatic N) is 2. The van der Waals surface area contributed by atoms with Crippen molar-refractivity contribution >= 4 is 28.5 Å². The average Bonchev–Trinajstić information content (AvgIpc) is 3.37. The van der Waals surface area contributed by atoms with Crippen LogP contribution in [0.4, 0.5) is 10.5 Å². The number of rotatable bonds is 12. The van der Waals surface area contributed by atoms with E-state index in [0.29, 0.717) is 37.5 Å². The SMILES string of the molecule is CCCCN(CC(=O)N(CCc1c[nH]c2ccccc12)Cc1ccccc1)C(=O)Nc1ccccc1OC. The molecule has 3 amide bonds. The number of carbonyl (C=O) groups is 2. The zero-order valence-corrected chi connectivity index (χ0v) is 22.2. The standard InChI is InChI=1S/C31H36N4O3/c1-3-4-19-35(31(37)33-28-16-10-11-17-29(28)38-2)23-30(36)34(22-24-12-6-5-7-13-24)20-18-25-21-32-27-15-9-8-14-26(25)27/h5-17,21,32H,3-4,18-20,22-23H2,1-2H3,(H,33,37). The van der Waals surface area contributed by atoms with E-state index in [-0.39, 0.29) is 18.5 Å². The van der Waals surface area contributed by atoms with Crippen molar-refractivity contribution in [2.45, 2.75) is 32.7 Å². The van der Waals surface area contributed by atoms with Crippen LogP contribution in [-0.2, 0) is 17.8 Å². The number of ether oxygens (including phenoxy) is 1. The molecular weight excluding hydrogens is 476 g/mol. The third-order valence-electron chi connectivity index (χ3n) is 6.64. The quantitative estimate of drug-likeness (QED) is 0.241. The third kappa shape index (κ3) is 6.94. The summed E-state index contributed by atoms with van der Waals surface area (Å²) >= 11 is 0. The minimum atomic E-state index is -0.312. The van der Waals surface area contributed by atoms with Crippen molar-refractivity contribution in [2.75, 3.05) is 32.1 Å². The number of anilines is 1. The fourth-order valence-corrected chi connectivity index (χ4v) is 4.50. The highest BCUT2D eigenvalue weighted by Crippen LogP contribution is 2.24. The molecule has 1 aromatic heterocycles. The van der Waals surface area contributed by atoms with Crippen molar-refractivity contribution in [1.29, 1.82) is 0 Å². The predicted octanol–water partition coefficient (Wildman–Crippen LogP) is 6.08. The number of aromatic nitrogens is 1. The Morgan fingerprint density at radius 3 is 2.42 bits per heavy atom. The van der Waals surface area contributed by atoms with Crippen molar-refractivity contribution in [3.05, 3.63) is 96.2 Å². The van der Waals surface area contributed by atoms with Gasteiger partial charge >= 0.3 is 6.03 Å². The first-order valence-corrected chi connectivity index (χ1v) is 13.1. The van der Waals surface area contributed by atoms with E-state index in [0.717, 1.165) is 23.9 Å². The molecule has 0 unspecified atom stereocenters. The van der Waals surface area contributed by atoms with Crippen LogP contribution >= 0.6 is 0 Å². The number of amides is 3. The monoisotopic (exact) mass is 512 g/mol. The summed E-state index contributed by atoms with van der Waals surface area (Å²) in [5, 5.41) is 4.09. The molecule has 0 spiro atoms. The third-order valence-corrected chi connectivity index (χ3v) is 6.64. The van der Waals surface area contributed by atoms with E-state index in [4.69, 9.17) is 4.74 Å². The molecule has 0 bridgehead atoms. The molecule has 4 aromatic rings. The van der Waals surface area contributed by atoms with Crippen LogP contribution in [0.3, 0.4) is 0 Å². The predicted molar refractivity (Wildman–Crippen MR) is 152 cm³/mol. The number of fused-ring (bicyclic) bond motifs is 1. The number of carbonyl (C=O) groups excluding carboxylic acids is 2. The van der Waals surface area contributed by atoms with Crippen LogP contribution in [0.1, 0.15) is 30.9 Å². The lowest BCUT2D eigenvalue weighted by molar-refractivity contribution is -0.132. The first-order valence-electron chi connectivity index (χ1n) is 13.1. The molecule has 0 atom stereocenters. The van der Waals surface area contributed by atoms with Gasteiger partial charge in [-0.3, -0.25) is 4.79 Å². The summed E-state index contributed by atoms with van der Waals surface area (Å²) in [4.78, 5) is 33.7. The molecule has 7 heteroatoms. The van der Waals surface area contributed by atoms with Crippen LogP contribution in [0, 0.1) is 0 Å². The molecule has 1 heterocycles. The Labute approximate surface area is 224 Å². The highest BCUT2D eigenvalue weighted by atomic mass is 16.5. The Morgan fingerprint density at radius 1 is 0.895 bits per heavy atom. The average molecular weight is 513 g/mol. The molecule has 198 valence electrons. The number of aromatic amines is 1. The van der Waals surface area contributed by atoms with Gasteiger partial charge in [-0.05, 0) is 42.2 Å². The number of unbranched alkanes of at least 4 members (excludes halogenated alkanes) is 1. The normalized spacial score (nSPS) is 10.8. The van der Waals surface area contributed by atoms with E-state index < -0.39 is 0 Å². The minimum absolute atomic E-state index is 0.00169. The molecule has 2 N–H and O–H groups in total. The van der Waals surface area contributed by atoms with E-state index in [2.05, 4.69) is 29.4 Å². The Kier molecular flexibility index (Phi) is 9.40. The Morgan fingerprint density at radius 2 is 1.63 bits per heavy atom. The van der Waals surface area contributed by atoms with Gasteiger partial charge < -0.3 is 24.8 Å². The molecule has 0 aliphatic carbocycles. The Hall–Kier alpha value is -4.26. The first kappa shape index (κ1) is 26.8. The molecule has 0 saturated carbocycles. The zero-order valence-electron chi connectivity index (χ0n) is 22.2. The van der Waals surface area contributed by atoms with Crippen molar-refractivity contribution < 1.29 is 14.3 Å². The topological polar surface area (TPSA) is 77.7 Å². The van der Waals surface area contributed by atoms with Gasteiger partial charge in [-0.2, -0.15) is 0 Å². The highest BCUT2D eigenvalue weighted by molar-refractivity contribution is 5.93. The largest absolute Gasteiger partial charge is 0.495 e. The van der Waals surface area contributed by atoms with E-state index in [9.17, 15) is 9.59 Å². The molecule has 0 radical (unpaired) electrons. The maximum atomic E-state index is 13.7. The maximum Gasteiger partial charge on any atom is 0.322 e. The van der Waals surface area contributed by atoms with E-state index in [1.54, 1.807) is 24.1 Å². The molecule has 3 aromatic carbocycles. The van der Waals surface area contributed by atoms with Crippen LogP contribution in [0.2, 0.25) is 0 Å². The number of hydrogen-bond donors (Lipinski definition) is 2. The molecule has 0 aliphatic heterocycles. The molecule has 0 saturated heterocycles. The van der Waals surface area contributed by atoms with E-state index in [1.165, 1.54) is 10.9 Å². The van der Waals surface area contributed by atoms with Crippen LogP contribution in [-0.4, -0.2) is 53.5 Å². The molecule has 0 aliphatic rings. The first-order chi connectivity index (χ1) is 18.6. The molecule has 4 rings (SSSR count). The Balaban J connectivity index is 1.50. The van der Waals surface area contributed by atoms with Crippen LogP contribution < -0.4 is 10.1 Å². The van der Waals surface area contributed by atoms with Crippen LogP contribution in [0.25, 0.3) is 10.9 Å². The van der Waals surface area contributed by atoms with E-state index in [1.807, 2.05) is 65.7 Å². The van der Waals surface area contributed by atoms with Gasteiger partial charge in [-0.1, -0.05) is 74.0 Å². The summed E-state index contributed by atoms with van der Waals surface area (Å²) in [5.41, 5.74) is 3.89. The lowest BCUT2D eigenvalue weighted by atomic mass is 10.1. The van der Waals surface area contributed by atoms with Gasteiger partial charge in [0.2, 0.25) is 5.91 Å². The van der Waals surface area contributed by atoms with Crippen molar-refractivity contribution in [1.82, 2.24) is 14.8 Å². The number of nitrogens with one attached hydrogen (secondary N) is 2. The summed E-state index contributed by atoms with van der Waals surface area (Å²) in [5.74, 6) is 0.493. The summed E-state index contributed by atoms with van der Waals surface area (Å²) in [7, 11) is 1.57. The van der Waals surface area contributed by atoms with Crippen LogP contribution in [0.5, 0.6) is 5.75 Å². The van der Waals surface area contributed by atoms with Crippen molar-refractivity contribution in [3.63, 3.8) is 0 Å². The van der Waals surface area contributed by atoms with Gasteiger partial charge in [0.15, 0.2) is 0 Å². The lowest BCUT2D eigenvalue weighted by Crippen LogP contribution is -2.45. The summed E-state index contributed by atoms with van der Waals surface area (Å²) in [6, 6.07) is 25.1. The van der Waals surface area contributed by atoms with Gasteiger partial charge in [-0.25, -0.2) is 4.79 Å². The number of para-hydroxylation sites is 3. The van der Waals surface area contributed by atoms with Crippen LogP contribution in [0.15, 0.2) is 85.1 Å². The number of urea groups is 1. The second-order valence-corrected chi connectivity index (χ2v) is 9.32. The fraction of sp³-hybridized carbons (Fsp3) is 0.290. The highest BCUT2D eigenvalue weighted by Gasteiger charge is 2.22. The van der Waals surface area contributed by atoms with Crippen molar-refractivity contribution in [2.24, 2.45) is 0 Å².